The summed E-state index contributed by atoms with van der Waals surface area (Å²) in [6.45, 7) is 7.22. The molecule has 138 valence electrons. The van der Waals surface area contributed by atoms with Crippen LogP contribution in [0.1, 0.15) is 13.8 Å². The van der Waals surface area contributed by atoms with Gasteiger partial charge in [-0.05, 0) is 23.3 Å². The highest BCUT2D eigenvalue weighted by molar-refractivity contribution is 5.52. The van der Waals surface area contributed by atoms with E-state index in [9.17, 15) is 0 Å². The first-order chi connectivity index (χ1) is 12.7. The summed E-state index contributed by atoms with van der Waals surface area (Å²) in [5, 5.41) is 0. The SMILES string of the molecule is CC1C=CC(C2=CC=C(OCC3CO3)C(C)C=C2)=CC=C1OCC1CO1. The molecule has 2 aliphatic heterocycles. The molecule has 4 unspecified atom stereocenters. The maximum Gasteiger partial charge on any atom is 0.116 e. The lowest BCUT2D eigenvalue weighted by Crippen LogP contribution is -2.06. The van der Waals surface area contributed by atoms with Gasteiger partial charge in [-0.3, -0.25) is 0 Å². The molecule has 4 nitrogen and oxygen atoms in total. The summed E-state index contributed by atoms with van der Waals surface area (Å²) in [4.78, 5) is 0. The number of hydrogen-bond donors (Lipinski definition) is 0. The van der Waals surface area contributed by atoms with Crippen LogP contribution >= 0.6 is 0 Å². The molecule has 0 amide bonds. The van der Waals surface area contributed by atoms with E-state index in [1.807, 2.05) is 0 Å². The molecule has 4 rings (SSSR count). The third-order valence-corrected chi connectivity index (χ3v) is 4.89. The van der Waals surface area contributed by atoms with Crippen molar-refractivity contribution in [3.05, 3.63) is 71.3 Å². The smallest absolute Gasteiger partial charge is 0.116 e. The van der Waals surface area contributed by atoms with Crippen molar-refractivity contribution in [1.29, 1.82) is 0 Å². The van der Waals surface area contributed by atoms with Gasteiger partial charge in [-0.2, -0.15) is 0 Å². The van der Waals surface area contributed by atoms with E-state index in [1.54, 1.807) is 0 Å². The van der Waals surface area contributed by atoms with Gasteiger partial charge in [-0.25, -0.2) is 0 Å². The van der Waals surface area contributed by atoms with Crippen LogP contribution in [0.3, 0.4) is 0 Å². The quantitative estimate of drug-likeness (QED) is 0.652. The average Bonchev–Trinajstić information content (AvgIpc) is 3.49. The fraction of sp³-hybridized carbons (Fsp3) is 0.455. The molecule has 0 radical (unpaired) electrons. The second kappa shape index (κ2) is 7.68. The maximum absolute atomic E-state index is 5.91. The lowest BCUT2D eigenvalue weighted by molar-refractivity contribution is 0.166. The fourth-order valence-corrected chi connectivity index (χ4v) is 2.90. The summed E-state index contributed by atoms with van der Waals surface area (Å²) in [7, 11) is 0. The molecule has 2 aliphatic carbocycles. The van der Waals surface area contributed by atoms with E-state index in [0.29, 0.717) is 13.2 Å². The molecule has 2 fully saturated rings. The molecule has 0 aromatic carbocycles. The topological polar surface area (TPSA) is 43.5 Å². The van der Waals surface area contributed by atoms with Crippen LogP contribution in [0.15, 0.2) is 71.3 Å². The van der Waals surface area contributed by atoms with Gasteiger partial charge in [0.1, 0.15) is 36.9 Å². The molecule has 4 aliphatic rings. The van der Waals surface area contributed by atoms with Crippen molar-refractivity contribution in [3.63, 3.8) is 0 Å². The van der Waals surface area contributed by atoms with Crippen molar-refractivity contribution in [1.82, 2.24) is 0 Å². The van der Waals surface area contributed by atoms with Crippen LogP contribution < -0.4 is 0 Å². The molecule has 4 heteroatoms. The Balaban J connectivity index is 1.47. The van der Waals surface area contributed by atoms with Crippen molar-refractivity contribution in [3.8, 4) is 0 Å². The molecule has 0 spiro atoms. The molecule has 0 N–H and O–H groups in total. The molecular weight excluding hydrogens is 328 g/mol. The molecule has 0 aromatic heterocycles. The van der Waals surface area contributed by atoms with Crippen LogP contribution in [0, 0.1) is 11.8 Å². The molecular formula is C22H26O4. The average molecular weight is 354 g/mol. The zero-order valence-corrected chi connectivity index (χ0v) is 15.4. The first-order valence-electron chi connectivity index (χ1n) is 9.38. The van der Waals surface area contributed by atoms with E-state index in [-0.39, 0.29) is 24.0 Å². The Morgan fingerprint density at radius 3 is 1.58 bits per heavy atom. The van der Waals surface area contributed by atoms with Crippen molar-refractivity contribution in [2.75, 3.05) is 26.4 Å². The van der Waals surface area contributed by atoms with E-state index in [1.165, 1.54) is 11.1 Å². The second-order valence-corrected chi connectivity index (χ2v) is 7.21. The summed E-state index contributed by atoms with van der Waals surface area (Å²) in [6, 6.07) is 0. The third kappa shape index (κ3) is 4.57. The maximum atomic E-state index is 5.91. The monoisotopic (exact) mass is 354 g/mol. The van der Waals surface area contributed by atoms with Crippen LogP contribution in [0.4, 0.5) is 0 Å². The van der Waals surface area contributed by atoms with E-state index < -0.39 is 0 Å². The van der Waals surface area contributed by atoms with Gasteiger partial charge >= 0.3 is 0 Å². The van der Waals surface area contributed by atoms with Gasteiger partial charge in [-0.1, -0.05) is 50.3 Å². The van der Waals surface area contributed by atoms with Crippen molar-refractivity contribution in [2.45, 2.75) is 26.1 Å². The predicted molar refractivity (Wildman–Crippen MR) is 100 cm³/mol. The number of rotatable bonds is 7. The van der Waals surface area contributed by atoms with E-state index in [4.69, 9.17) is 18.9 Å². The van der Waals surface area contributed by atoms with Gasteiger partial charge in [0.05, 0.1) is 13.2 Å². The number of allylic oxidation sites excluding steroid dienone is 10. The second-order valence-electron chi connectivity index (χ2n) is 7.21. The van der Waals surface area contributed by atoms with Crippen molar-refractivity contribution in [2.24, 2.45) is 11.8 Å². The van der Waals surface area contributed by atoms with Crippen LogP contribution in [-0.4, -0.2) is 38.6 Å². The van der Waals surface area contributed by atoms with E-state index >= 15 is 0 Å². The van der Waals surface area contributed by atoms with Gasteiger partial charge in [0, 0.05) is 11.8 Å². The van der Waals surface area contributed by atoms with Gasteiger partial charge in [-0.15, -0.1) is 0 Å². The Morgan fingerprint density at radius 2 is 1.19 bits per heavy atom. The van der Waals surface area contributed by atoms with Crippen LogP contribution in [0.2, 0.25) is 0 Å². The Labute approximate surface area is 155 Å². The minimum absolute atomic E-state index is 0.254. The highest BCUT2D eigenvalue weighted by Gasteiger charge is 2.25. The van der Waals surface area contributed by atoms with Gasteiger partial charge in [0.2, 0.25) is 0 Å². The van der Waals surface area contributed by atoms with Gasteiger partial charge in [0.15, 0.2) is 0 Å². The highest BCUT2D eigenvalue weighted by Crippen LogP contribution is 2.27. The predicted octanol–water partition coefficient (Wildman–Crippen LogP) is 3.85. The fourth-order valence-electron chi connectivity index (χ4n) is 2.90. The van der Waals surface area contributed by atoms with Gasteiger partial charge < -0.3 is 18.9 Å². The molecule has 26 heavy (non-hydrogen) atoms. The van der Waals surface area contributed by atoms with Crippen molar-refractivity contribution >= 4 is 0 Å². The van der Waals surface area contributed by atoms with E-state index in [2.05, 4.69) is 62.5 Å². The molecule has 4 atom stereocenters. The lowest BCUT2D eigenvalue weighted by atomic mass is 10.0. The summed E-state index contributed by atoms with van der Waals surface area (Å²) in [5.41, 5.74) is 2.34. The zero-order chi connectivity index (χ0) is 17.9. The Kier molecular flexibility index (Phi) is 5.14. The molecule has 0 bridgehead atoms. The van der Waals surface area contributed by atoms with E-state index in [0.717, 1.165) is 24.7 Å². The minimum atomic E-state index is 0.254. The summed E-state index contributed by atoms with van der Waals surface area (Å²) >= 11 is 0. The lowest BCUT2D eigenvalue weighted by Gasteiger charge is -2.12. The van der Waals surface area contributed by atoms with Gasteiger partial charge in [0.25, 0.3) is 0 Å². The first-order valence-corrected chi connectivity index (χ1v) is 9.38. The molecule has 2 saturated heterocycles. The van der Waals surface area contributed by atoms with Crippen molar-refractivity contribution < 1.29 is 18.9 Å². The minimum Gasteiger partial charge on any atom is -0.495 e. The summed E-state index contributed by atoms with van der Waals surface area (Å²) in [6.07, 6.45) is 17.7. The Morgan fingerprint density at radius 1 is 0.769 bits per heavy atom. The standard InChI is InChI=1S/C22H26O4/c1-15-3-5-17(7-9-21(15)25-13-19-11-23-19)18-6-4-16(2)22(10-8-18)26-14-20-12-24-20/h3-10,15-16,19-20H,11-14H2,1-2H3. The first kappa shape index (κ1) is 17.4. The largest absolute Gasteiger partial charge is 0.495 e. The van der Waals surface area contributed by atoms with Crippen LogP contribution in [0.25, 0.3) is 0 Å². The highest BCUT2D eigenvalue weighted by atomic mass is 16.6. The summed E-state index contributed by atoms with van der Waals surface area (Å²) < 4.78 is 22.3. The Bertz CT molecular complexity index is 652. The zero-order valence-electron chi connectivity index (χ0n) is 15.4. The van der Waals surface area contributed by atoms with Crippen LogP contribution in [0.5, 0.6) is 0 Å². The normalized spacial score (nSPS) is 32.5. The number of hydrogen-bond acceptors (Lipinski definition) is 4. The molecule has 0 aromatic rings. The molecule has 2 heterocycles. The molecule has 0 saturated carbocycles. The third-order valence-electron chi connectivity index (χ3n) is 4.89. The van der Waals surface area contributed by atoms with Crippen LogP contribution in [-0.2, 0) is 18.9 Å². The summed E-state index contributed by atoms with van der Waals surface area (Å²) in [5.74, 6) is 2.49. The number of epoxide rings is 2. The number of ether oxygens (including phenoxy) is 4. The Hall–Kier alpha value is -2.04.